The summed E-state index contributed by atoms with van der Waals surface area (Å²) in [5.41, 5.74) is 2.96. The molecule has 6 nitrogen and oxygen atoms in total. The molecule has 0 N–H and O–H groups in total. The van der Waals surface area contributed by atoms with E-state index >= 15 is 0 Å². The highest BCUT2D eigenvalue weighted by molar-refractivity contribution is 9.10. The van der Waals surface area contributed by atoms with E-state index in [2.05, 4.69) is 22.9 Å². The Morgan fingerprint density at radius 3 is 2.37 bits per heavy atom. The molecule has 6 rings (SSSR count). The van der Waals surface area contributed by atoms with Gasteiger partial charge in [0.05, 0.1) is 30.2 Å². The lowest BCUT2D eigenvalue weighted by atomic mass is 9.83. The molecule has 38 heavy (non-hydrogen) atoms. The Bertz CT molecular complexity index is 1430. The minimum absolute atomic E-state index is 0.165. The van der Waals surface area contributed by atoms with Crippen molar-refractivity contribution in [3.63, 3.8) is 0 Å². The van der Waals surface area contributed by atoms with E-state index in [0.717, 1.165) is 28.4 Å². The number of ether oxygens (including phenoxy) is 1. The van der Waals surface area contributed by atoms with Crippen LogP contribution >= 0.6 is 15.9 Å². The van der Waals surface area contributed by atoms with Crippen LogP contribution in [0.3, 0.4) is 0 Å². The summed E-state index contributed by atoms with van der Waals surface area (Å²) >= 11 is 3.42. The number of benzene rings is 3. The second kappa shape index (κ2) is 9.87. The average molecular weight is 571 g/mol. The third-order valence-corrected chi connectivity index (χ3v) is 8.25. The molecule has 4 atom stereocenters. The Morgan fingerprint density at radius 1 is 0.921 bits per heavy atom. The lowest BCUT2D eigenvalue weighted by molar-refractivity contribution is -0.123. The zero-order valence-electron chi connectivity index (χ0n) is 20.9. The highest BCUT2D eigenvalue weighted by atomic mass is 79.9. The number of hydrogen-bond donors (Lipinski definition) is 0. The van der Waals surface area contributed by atoms with E-state index in [9.17, 15) is 14.4 Å². The normalized spacial score (nSPS) is 23.3. The van der Waals surface area contributed by atoms with E-state index in [-0.39, 0.29) is 17.6 Å². The lowest BCUT2D eigenvalue weighted by Crippen LogP contribution is -2.44. The van der Waals surface area contributed by atoms with E-state index in [1.807, 2.05) is 53.6 Å². The summed E-state index contributed by atoms with van der Waals surface area (Å²) in [5.74, 6) is -1.54. The maximum atomic E-state index is 14.0. The molecule has 2 saturated heterocycles. The lowest BCUT2D eigenvalue weighted by Gasteiger charge is -2.35. The number of ketones is 1. The van der Waals surface area contributed by atoms with Crippen molar-refractivity contribution < 1.29 is 19.1 Å². The summed E-state index contributed by atoms with van der Waals surface area (Å²) < 4.78 is 6.62. The van der Waals surface area contributed by atoms with Crippen LogP contribution in [0.15, 0.2) is 83.5 Å². The summed E-state index contributed by atoms with van der Waals surface area (Å²) in [5, 5.41) is 0. The number of carbonyl (C=O) groups excluding carboxylic acids is 3. The van der Waals surface area contributed by atoms with Gasteiger partial charge in [-0.2, -0.15) is 0 Å². The molecule has 3 heterocycles. The van der Waals surface area contributed by atoms with Crippen LogP contribution < -0.4 is 9.64 Å². The van der Waals surface area contributed by atoms with Gasteiger partial charge in [0.15, 0.2) is 5.78 Å². The first kappa shape index (κ1) is 24.6. The molecule has 3 aromatic rings. The van der Waals surface area contributed by atoms with Crippen LogP contribution in [0.25, 0.3) is 6.08 Å². The van der Waals surface area contributed by atoms with Gasteiger partial charge in [-0.1, -0.05) is 65.7 Å². The topological polar surface area (TPSA) is 66.9 Å². The maximum absolute atomic E-state index is 14.0. The fourth-order valence-electron chi connectivity index (χ4n) is 5.92. The van der Waals surface area contributed by atoms with Gasteiger partial charge in [-0.25, -0.2) is 4.90 Å². The third-order valence-electron chi connectivity index (χ3n) is 7.72. The van der Waals surface area contributed by atoms with Crippen LogP contribution in [0.2, 0.25) is 0 Å². The Hall–Kier alpha value is -3.71. The van der Waals surface area contributed by atoms with Crippen LogP contribution in [0.1, 0.15) is 47.3 Å². The molecular weight excluding hydrogens is 544 g/mol. The van der Waals surface area contributed by atoms with Crippen molar-refractivity contribution >= 4 is 45.3 Å². The van der Waals surface area contributed by atoms with Gasteiger partial charge < -0.3 is 9.64 Å². The van der Waals surface area contributed by atoms with Gasteiger partial charge in [0, 0.05) is 16.2 Å². The summed E-state index contributed by atoms with van der Waals surface area (Å²) in [6.45, 7) is 2.72. The van der Waals surface area contributed by atoms with Crippen molar-refractivity contribution in [2.45, 2.75) is 31.8 Å². The van der Waals surface area contributed by atoms with Crippen LogP contribution in [-0.4, -0.2) is 35.1 Å². The van der Waals surface area contributed by atoms with Crippen molar-refractivity contribution in [2.75, 3.05) is 11.5 Å². The number of imide groups is 1. The van der Waals surface area contributed by atoms with Gasteiger partial charge in [0.25, 0.3) is 0 Å². The number of nitrogens with zero attached hydrogens (tertiary/aromatic N) is 2. The molecule has 0 aromatic heterocycles. The largest absolute Gasteiger partial charge is 0.494 e. The highest BCUT2D eigenvalue weighted by Gasteiger charge is 2.64. The molecule has 0 unspecified atom stereocenters. The van der Waals surface area contributed by atoms with E-state index < -0.39 is 23.9 Å². The number of fused-ring (bicyclic) bond motifs is 5. The molecule has 3 aliphatic heterocycles. The SMILES string of the molecule is CCCCOc1ccc(N2C(=O)[C@@H]3[C@H](C2=O)[C@H]2c4ccccc4C=CN2[C@H]3C(=O)c2ccc(Br)cc2)cc1. The summed E-state index contributed by atoms with van der Waals surface area (Å²) in [6.07, 6.45) is 5.82. The van der Waals surface area contributed by atoms with E-state index in [1.165, 1.54) is 4.90 Å². The van der Waals surface area contributed by atoms with Gasteiger partial charge in [-0.15, -0.1) is 0 Å². The average Bonchev–Trinajstić information content (AvgIpc) is 3.41. The van der Waals surface area contributed by atoms with Gasteiger partial charge >= 0.3 is 0 Å². The van der Waals surface area contributed by atoms with Gasteiger partial charge in [-0.3, -0.25) is 14.4 Å². The number of halogens is 1. The van der Waals surface area contributed by atoms with Gasteiger partial charge in [0.1, 0.15) is 11.8 Å². The molecule has 192 valence electrons. The first-order chi connectivity index (χ1) is 18.5. The second-order valence-corrected chi connectivity index (χ2v) is 10.8. The molecular formula is C31H27BrN2O4. The van der Waals surface area contributed by atoms with Crippen molar-refractivity contribution in [3.05, 3.63) is 100 Å². The van der Waals surface area contributed by atoms with Crippen LogP contribution in [0.4, 0.5) is 5.69 Å². The van der Waals surface area contributed by atoms with Crippen molar-refractivity contribution in [1.29, 1.82) is 0 Å². The standard InChI is InChI=1S/C31H27BrN2O4/c1-2-3-18-38-23-14-12-22(13-15-23)34-30(36)25-26(31(34)37)28(29(35)20-8-10-21(32)11-9-20)33-17-16-19-6-4-5-7-24(19)27(25)33/h4-17,25-28H,2-3,18H2,1H3/t25-,26+,27+,28+/m0/s1. The Kier molecular flexibility index (Phi) is 6.40. The third kappa shape index (κ3) is 3.97. The predicted octanol–water partition coefficient (Wildman–Crippen LogP) is 6.03. The Labute approximate surface area is 230 Å². The zero-order valence-corrected chi connectivity index (χ0v) is 22.5. The Morgan fingerprint density at radius 2 is 1.63 bits per heavy atom. The number of carbonyl (C=O) groups is 3. The zero-order chi connectivity index (χ0) is 26.4. The molecule has 0 bridgehead atoms. The van der Waals surface area contributed by atoms with Gasteiger partial charge in [0.2, 0.25) is 11.8 Å². The van der Waals surface area contributed by atoms with Crippen molar-refractivity contribution in [3.8, 4) is 5.75 Å². The number of hydrogen-bond acceptors (Lipinski definition) is 5. The molecule has 0 saturated carbocycles. The van der Waals surface area contributed by atoms with Crippen molar-refractivity contribution in [1.82, 2.24) is 4.90 Å². The highest BCUT2D eigenvalue weighted by Crippen LogP contribution is 2.53. The quantitative estimate of drug-likeness (QED) is 0.197. The summed E-state index contributed by atoms with van der Waals surface area (Å²) in [4.78, 5) is 45.2. The second-order valence-electron chi connectivity index (χ2n) is 9.91. The molecule has 0 spiro atoms. The predicted molar refractivity (Wildman–Crippen MR) is 149 cm³/mol. The van der Waals surface area contributed by atoms with Crippen LogP contribution in [0, 0.1) is 11.8 Å². The molecule has 0 radical (unpaired) electrons. The monoisotopic (exact) mass is 570 g/mol. The first-order valence-electron chi connectivity index (χ1n) is 12.9. The van der Waals surface area contributed by atoms with Gasteiger partial charge in [-0.05, 0) is 60.0 Å². The number of Topliss-reactive ketones (excluding diaryl/α,β-unsaturated/α-hetero) is 1. The van der Waals surface area contributed by atoms with Crippen LogP contribution in [-0.2, 0) is 9.59 Å². The maximum Gasteiger partial charge on any atom is 0.240 e. The van der Waals surface area contributed by atoms with Crippen LogP contribution in [0.5, 0.6) is 5.75 Å². The smallest absolute Gasteiger partial charge is 0.240 e. The molecule has 2 fully saturated rings. The number of unbranched alkanes of at least 4 members (excludes halogenated alkanes) is 1. The summed E-state index contributed by atoms with van der Waals surface area (Å²) in [7, 11) is 0. The molecule has 2 amide bonds. The molecule has 3 aromatic carbocycles. The van der Waals surface area contributed by atoms with E-state index in [1.54, 1.807) is 36.4 Å². The number of rotatable bonds is 7. The first-order valence-corrected chi connectivity index (χ1v) is 13.7. The molecule has 7 heteroatoms. The summed E-state index contributed by atoms with van der Waals surface area (Å²) in [6, 6.07) is 20.9. The van der Waals surface area contributed by atoms with Crippen molar-refractivity contribution in [2.24, 2.45) is 11.8 Å². The minimum Gasteiger partial charge on any atom is -0.494 e. The fourth-order valence-corrected chi connectivity index (χ4v) is 6.19. The minimum atomic E-state index is -0.792. The molecule has 0 aliphatic carbocycles. The number of amides is 2. The molecule has 3 aliphatic rings. The Balaban J connectivity index is 1.39. The van der Waals surface area contributed by atoms with E-state index in [0.29, 0.717) is 23.6 Å². The van der Waals surface area contributed by atoms with E-state index in [4.69, 9.17) is 4.74 Å². The number of anilines is 1. The fraction of sp³-hybridized carbons (Fsp3) is 0.258.